The molecule has 4 N–H and O–H groups in total. The predicted octanol–water partition coefficient (Wildman–Crippen LogP) is 1.19. The van der Waals surface area contributed by atoms with Crippen molar-refractivity contribution < 1.29 is 9.90 Å². The molecular formula is C10H12N2O2. The van der Waals surface area contributed by atoms with Crippen LogP contribution in [-0.4, -0.2) is 11.0 Å². The Morgan fingerprint density at radius 2 is 2.00 bits per heavy atom. The SMILES string of the molecule is C/C=C(\N)C(=O)Nc1ccc(O)cc1. The van der Waals surface area contributed by atoms with Crippen molar-refractivity contribution in [1.29, 1.82) is 0 Å². The average molecular weight is 192 g/mol. The van der Waals surface area contributed by atoms with Gasteiger partial charge in [-0.3, -0.25) is 4.79 Å². The van der Waals surface area contributed by atoms with Gasteiger partial charge in [0.25, 0.3) is 5.91 Å². The van der Waals surface area contributed by atoms with Gasteiger partial charge < -0.3 is 16.2 Å². The minimum Gasteiger partial charge on any atom is -0.508 e. The highest BCUT2D eigenvalue weighted by Crippen LogP contribution is 2.13. The Balaban J connectivity index is 2.70. The number of anilines is 1. The van der Waals surface area contributed by atoms with Gasteiger partial charge in [-0.2, -0.15) is 0 Å². The Hall–Kier alpha value is -1.97. The summed E-state index contributed by atoms with van der Waals surface area (Å²) in [5.41, 5.74) is 6.15. The molecule has 0 saturated heterocycles. The maximum Gasteiger partial charge on any atom is 0.271 e. The number of amides is 1. The monoisotopic (exact) mass is 192 g/mol. The Morgan fingerprint density at radius 3 is 2.50 bits per heavy atom. The van der Waals surface area contributed by atoms with Crippen LogP contribution >= 0.6 is 0 Å². The van der Waals surface area contributed by atoms with Gasteiger partial charge in [0, 0.05) is 5.69 Å². The summed E-state index contributed by atoms with van der Waals surface area (Å²) in [5, 5.41) is 11.6. The zero-order valence-electron chi connectivity index (χ0n) is 7.82. The third kappa shape index (κ3) is 2.52. The van der Waals surface area contributed by atoms with E-state index in [1.807, 2.05) is 0 Å². The average Bonchev–Trinajstić information content (AvgIpc) is 2.20. The fraction of sp³-hybridized carbons (Fsp3) is 0.100. The van der Waals surface area contributed by atoms with E-state index >= 15 is 0 Å². The van der Waals surface area contributed by atoms with E-state index in [4.69, 9.17) is 10.8 Å². The van der Waals surface area contributed by atoms with E-state index in [1.165, 1.54) is 18.2 Å². The standard InChI is InChI=1S/C10H12N2O2/c1-2-9(11)10(14)12-7-3-5-8(13)6-4-7/h2-6,13H,11H2,1H3,(H,12,14)/b9-2-. The van der Waals surface area contributed by atoms with Gasteiger partial charge in [-0.15, -0.1) is 0 Å². The lowest BCUT2D eigenvalue weighted by Crippen LogP contribution is -2.19. The molecule has 1 aromatic rings. The van der Waals surface area contributed by atoms with Crippen LogP contribution in [0.2, 0.25) is 0 Å². The van der Waals surface area contributed by atoms with E-state index < -0.39 is 0 Å². The quantitative estimate of drug-likeness (QED) is 0.486. The molecule has 0 aliphatic carbocycles. The van der Waals surface area contributed by atoms with Crippen LogP contribution in [0.1, 0.15) is 6.92 Å². The van der Waals surface area contributed by atoms with Crippen LogP contribution in [0.15, 0.2) is 36.0 Å². The molecule has 0 aliphatic rings. The molecule has 0 aliphatic heterocycles. The van der Waals surface area contributed by atoms with Crippen LogP contribution < -0.4 is 11.1 Å². The number of hydrogen-bond donors (Lipinski definition) is 3. The third-order valence-corrected chi connectivity index (χ3v) is 1.70. The molecule has 0 aromatic heterocycles. The number of nitrogens with one attached hydrogen (secondary N) is 1. The van der Waals surface area contributed by atoms with Crippen molar-refractivity contribution in [3.05, 3.63) is 36.0 Å². The summed E-state index contributed by atoms with van der Waals surface area (Å²) in [7, 11) is 0. The van der Waals surface area contributed by atoms with E-state index in [-0.39, 0.29) is 17.4 Å². The molecule has 0 unspecified atom stereocenters. The molecule has 14 heavy (non-hydrogen) atoms. The molecule has 4 heteroatoms. The highest BCUT2D eigenvalue weighted by Gasteiger charge is 2.03. The van der Waals surface area contributed by atoms with Crippen molar-refractivity contribution >= 4 is 11.6 Å². The van der Waals surface area contributed by atoms with Crippen molar-refractivity contribution in [2.75, 3.05) is 5.32 Å². The number of hydrogen-bond acceptors (Lipinski definition) is 3. The molecule has 1 rings (SSSR count). The fourth-order valence-electron chi connectivity index (χ4n) is 0.879. The Kier molecular flexibility index (Phi) is 3.12. The Labute approximate surface area is 82.0 Å². The summed E-state index contributed by atoms with van der Waals surface area (Å²) in [6.07, 6.45) is 1.52. The molecule has 0 fully saturated rings. The zero-order valence-corrected chi connectivity index (χ0v) is 7.82. The first-order valence-corrected chi connectivity index (χ1v) is 4.15. The number of carbonyl (C=O) groups is 1. The van der Waals surface area contributed by atoms with Crippen LogP contribution in [0, 0.1) is 0 Å². The topological polar surface area (TPSA) is 75.4 Å². The van der Waals surface area contributed by atoms with E-state index in [1.54, 1.807) is 19.1 Å². The van der Waals surface area contributed by atoms with Gasteiger partial charge in [0.05, 0.1) is 5.70 Å². The number of allylic oxidation sites excluding steroid dienone is 1. The number of phenols is 1. The fourth-order valence-corrected chi connectivity index (χ4v) is 0.879. The van der Waals surface area contributed by atoms with Crippen LogP contribution in [0.5, 0.6) is 5.75 Å². The smallest absolute Gasteiger partial charge is 0.271 e. The minimum atomic E-state index is -0.349. The largest absolute Gasteiger partial charge is 0.508 e. The first-order valence-electron chi connectivity index (χ1n) is 4.15. The van der Waals surface area contributed by atoms with Gasteiger partial charge in [0.2, 0.25) is 0 Å². The molecule has 0 heterocycles. The summed E-state index contributed by atoms with van der Waals surface area (Å²) in [6, 6.07) is 6.16. The van der Waals surface area contributed by atoms with Gasteiger partial charge in [-0.05, 0) is 31.2 Å². The molecule has 0 spiro atoms. The van der Waals surface area contributed by atoms with Crippen molar-refractivity contribution in [3.8, 4) is 5.75 Å². The predicted molar refractivity (Wildman–Crippen MR) is 54.7 cm³/mol. The van der Waals surface area contributed by atoms with E-state index in [0.29, 0.717) is 5.69 Å². The maximum absolute atomic E-state index is 11.3. The number of rotatable bonds is 2. The zero-order chi connectivity index (χ0) is 10.6. The normalized spacial score (nSPS) is 11.1. The summed E-state index contributed by atoms with van der Waals surface area (Å²) in [5.74, 6) is -0.194. The lowest BCUT2D eigenvalue weighted by molar-refractivity contribution is -0.112. The molecule has 4 nitrogen and oxygen atoms in total. The molecule has 0 bridgehead atoms. The second-order valence-electron chi connectivity index (χ2n) is 2.75. The van der Waals surface area contributed by atoms with E-state index in [0.717, 1.165) is 0 Å². The lowest BCUT2D eigenvalue weighted by atomic mass is 10.3. The Morgan fingerprint density at radius 1 is 1.43 bits per heavy atom. The Bertz CT molecular complexity index is 355. The number of nitrogens with two attached hydrogens (primary N) is 1. The van der Waals surface area contributed by atoms with E-state index in [2.05, 4.69) is 5.32 Å². The van der Waals surface area contributed by atoms with Crippen LogP contribution in [0.25, 0.3) is 0 Å². The molecule has 0 atom stereocenters. The second-order valence-corrected chi connectivity index (χ2v) is 2.75. The summed E-state index contributed by atoms with van der Waals surface area (Å²) >= 11 is 0. The number of phenolic OH excluding ortho intramolecular Hbond substituents is 1. The number of carbonyl (C=O) groups excluding carboxylic acids is 1. The van der Waals surface area contributed by atoms with E-state index in [9.17, 15) is 4.79 Å². The first kappa shape index (κ1) is 10.1. The molecule has 0 radical (unpaired) electrons. The maximum atomic E-state index is 11.3. The highest BCUT2D eigenvalue weighted by atomic mass is 16.3. The van der Waals surface area contributed by atoms with Gasteiger partial charge in [0.15, 0.2) is 0 Å². The van der Waals surface area contributed by atoms with Crippen LogP contribution in [-0.2, 0) is 4.79 Å². The second kappa shape index (κ2) is 4.32. The minimum absolute atomic E-state index is 0.155. The molecule has 74 valence electrons. The molecule has 1 amide bonds. The molecular weight excluding hydrogens is 180 g/mol. The van der Waals surface area contributed by atoms with Crippen molar-refractivity contribution in [1.82, 2.24) is 0 Å². The summed E-state index contributed by atoms with van der Waals surface area (Å²) in [6.45, 7) is 1.69. The number of benzene rings is 1. The van der Waals surface area contributed by atoms with Crippen molar-refractivity contribution in [2.24, 2.45) is 5.73 Å². The van der Waals surface area contributed by atoms with Crippen LogP contribution in [0.3, 0.4) is 0 Å². The van der Waals surface area contributed by atoms with Gasteiger partial charge >= 0.3 is 0 Å². The van der Waals surface area contributed by atoms with Crippen molar-refractivity contribution in [3.63, 3.8) is 0 Å². The lowest BCUT2D eigenvalue weighted by Gasteiger charge is -2.04. The molecule has 0 saturated carbocycles. The van der Waals surface area contributed by atoms with Gasteiger partial charge in [-0.25, -0.2) is 0 Å². The number of aromatic hydroxyl groups is 1. The highest BCUT2D eigenvalue weighted by molar-refractivity contribution is 6.02. The molecule has 1 aromatic carbocycles. The van der Waals surface area contributed by atoms with Crippen LogP contribution in [0.4, 0.5) is 5.69 Å². The van der Waals surface area contributed by atoms with Crippen molar-refractivity contribution in [2.45, 2.75) is 6.92 Å². The third-order valence-electron chi connectivity index (χ3n) is 1.70. The van der Waals surface area contributed by atoms with Gasteiger partial charge in [-0.1, -0.05) is 6.08 Å². The summed E-state index contributed by atoms with van der Waals surface area (Å²) in [4.78, 5) is 11.3. The van der Waals surface area contributed by atoms with Gasteiger partial charge in [0.1, 0.15) is 5.75 Å². The first-order chi connectivity index (χ1) is 6.63. The summed E-state index contributed by atoms with van der Waals surface area (Å²) < 4.78 is 0.